The average Bonchev–Trinajstić information content (AvgIpc) is 2.40. The second-order valence-corrected chi connectivity index (χ2v) is 7.10. The van der Waals surface area contributed by atoms with E-state index in [1.807, 2.05) is 30.3 Å². The minimum atomic E-state index is -0.487. The summed E-state index contributed by atoms with van der Waals surface area (Å²) in [6, 6.07) is 13.8. The normalized spacial score (nSPS) is 13.0. The first-order valence-corrected chi connectivity index (χ1v) is 7.82. The monoisotopic (exact) mass is 348 g/mol. The highest BCUT2D eigenvalue weighted by Crippen LogP contribution is 2.33. The molecule has 0 aliphatic heterocycles. The molecule has 0 aliphatic carbocycles. The molecule has 2 nitrogen and oxygen atoms in total. The summed E-state index contributed by atoms with van der Waals surface area (Å²) in [6.07, 6.45) is -0.487. The molecule has 0 aliphatic rings. The maximum Gasteiger partial charge on any atom is 0.141 e. The Morgan fingerprint density at radius 3 is 2.38 bits per heavy atom. The second-order valence-electron chi connectivity index (χ2n) is 6.25. The van der Waals surface area contributed by atoms with Crippen molar-refractivity contribution >= 4 is 15.9 Å². The number of aliphatic hydroxyl groups excluding tert-OH is 1. The fourth-order valence-corrected chi connectivity index (χ4v) is 2.49. The van der Waals surface area contributed by atoms with Crippen molar-refractivity contribution in [3.05, 3.63) is 58.1 Å². The smallest absolute Gasteiger partial charge is 0.141 e. The third kappa shape index (κ3) is 4.08. The summed E-state index contributed by atoms with van der Waals surface area (Å²) in [5.74, 6) is 1.55. The Balaban J connectivity index is 2.26. The number of ether oxygens (including phenoxy) is 1. The fourth-order valence-electron chi connectivity index (χ4n) is 2.01. The number of benzene rings is 2. The van der Waals surface area contributed by atoms with E-state index in [1.54, 1.807) is 6.92 Å². The van der Waals surface area contributed by atoms with Crippen LogP contribution in [0.3, 0.4) is 0 Å². The Morgan fingerprint density at radius 1 is 1.10 bits per heavy atom. The molecule has 0 aromatic heterocycles. The molecule has 0 amide bonds. The van der Waals surface area contributed by atoms with Crippen LogP contribution in [0.5, 0.6) is 11.5 Å². The molecule has 21 heavy (non-hydrogen) atoms. The predicted octanol–water partition coefficient (Wildman–Crippen LogP) is 5.59. The zero-order valence-corrected chi connectivity index (χ0v) is 14.4. The molecule has 0 heterocycles. The zero-order chi connectivity index (χ0) is 15.6. The molecular weight excluding hydrogens is 328 g/mol. The van der Waals surface area contributed by atoms with Crippen molar-refractivity contribution < 1.29 is 9.84 Å². The van der Waals surface area contributed by atoms with Crippen LogP contribution in [0.25, 0.3) is 0 Å². The van der Waals surface area contributed by atoms with Crippen LogP contribution in [0.4, 0.5) is 0 Å². The van der Waals surface area contributed by atoms with Gasteiger partial charge in [0.1, 0.15) is 11.5 Å². The van der Waals surface area contributed by atoms with Gasteiger partial charge in [-0.1, -0.05) is 39.0 Å². The molecule has 2 aromatic carbocycles. The van der Waals surface area contributed by atoms with Gasteiger partial charge in [0.2, 0.25) is 0 Å². The van der Waals surface area contributed by atoms with Crippen molar-refractivity contribution in [2.45, 2.75) is 39.2 Å². The summed E-state index contributed by atoms with van der Waals surface area (Å²) in [6.45, 7) is 8.29. The van der Waals surface area contributed by atoms with Crippen molar-refractivity contribution in [2.24, 2.45) is 0 Å². The third-order valence-corrected chi connectivity index (χ3v) is 3.99. The van der Waals surface area contributed by atoms with E-state index in [2.05, 4.69) is 48.8 Å². The van der Waals surface area contributed by atoms with Crippen LogP contribution in [0, 0.1) is 0 Å². The summed E-state index contributed by atoms with van der Waals surface area (Å²) in [4.78, 5) is 0. The highest BCUT2D eigenvalue weighted by molar-refractivity contribution is 9.10. The molecular formula is C18H21BrO2. The fraction of sp³-hybridized carbons (Fsp3) is 0.333. The Hall–Kier alpha value is -1.32. The molecule has 0 fully saturated rings. The summed E-state index contributed by atoms with van der Waals surface area (Å²) in [7, 11) is 0. The summed E-state index contributed by atoms with van der Waals surface area (Å²) in [5.41, 5.74) is 2.18. The summed E-state index contributed by atoms with van der Waals surface area (Å²) >= 11 is 3.49. The molecule has 1 N–H and O–H groups in total. The van der Waals surface area contributed by atoms with Crippen LogP contribution in [-0.2, 0) is 5.41 Å². The third-order valence-electron chi connectivity index (χ3n) is 3.37. The maximum atomic E-state index is 9.59. The largest absolute Gasteiger partial charge is 0.456 e. The molecule has 0 bridgehead atoms. The van der Waals surface area contributed by atoms with E-state index in [1.165, 1.54) is 5.56 Å². The standard InChI is InChI=1S/C18H21BrO2/c1-12(20)13-8-9-17(16(19)10-13)21-15-7-5-6-14(11-15)18(2,3)4/h5-12,20H,1-4H3/t12-/m0/s1. The molecule has 0 saturated carbocycles. The van der Waals surface area contributed by atoms with E-state index in [0.717, 1.165) is 21.5 Å². The van der Waals surface area contributed by atoms with Gasteiger partial charge in [0.05, 0.1) is 10.6 Å². The summed E-state index contributed by atoms with van der Waals surface area (Å²) < 4.78 is 6.79. The van der Waals surface area contributed by atoms with Crippen molar-refractivity contribution in [3.8, 4) is 11.5 Å². The van der Waals surface area contributed by atoms with E-state index >= 15 is 0 Å². The van der Waals surface area contributed by atoms with Gasteiger partial charge in [-0.05, 0) is 63.7 Å². The van der Waals surface area contributed by atoms with Gasteiger partial charge in [-0.3, -0.25) is 0 Å². The second kappa shape index (κ2) is 6.20. The van der Waals surface area contributed by atoms with Gasteiger partial charge in [-0.25, -0.2) is 0 Å². The van der Waals surface area contributed by atoms with Gasteiger partial charge in [-0.15, -0.1) is 0 Å². The maximum absolute atomic E-state index is 9.59. The van der Waals surface area contributed by atoms with Gasteiger partial charge in [0.15, 0.2) is 0 Å². The molecule has 0 saturated heterocycles. The highest BCUT2D eigenvalue weighted by atomic mass is 79.9. The van der Waals surface area contributed by atoms with Crippen molar-refractivity contribution in [3.63, 3.8) is 0 Å². The molecule has 0 radical (unpaired) electrons. The Kier molecular flexibility index (Phi) is 4.74. The van der Waals surface area contributed by atoms with Crippen molar-refractivity contribution in [2.75, 3.05) is 0 Å². The van der Waals surface area contributed by atoms with Crippen LogP contribution in [0.15, 0.2) is 46.9 Å². The molecule has 0 spiro atoms. The lowest BCUT2D eigenvalue weighted by Gasteiger charge is -2.20. The van der Waals surface area contributed by atoms with E-state index in [9.17, 15) is 5.11 Å². The van der Waals surface area contributed by atoms with Crippen LogP contribution in [0.1, 0.15) is 44.9 Å². The predicted molar refractivity (Wildman–Crippen MR) is 90.0 cm³/mol. The van der Waals surface area contributed by atoms with Crippen LogP contribution < -0.4 is 4.74 Å². The number of hydrogen-bond acceptors (Lipinski definition) is 2. The number of rotatable bonds is 3. The van der Waals surface area contributed by atoms with E-state index in [4.69, 9.17) is 4.74 Å². The number of halogens is 1. The lowest BCUT2D eigenvalue weighted by Crippen LogP contribution is -2.10. The Bertz CT molecular complexity index is 627. The van der Waals surface area contributed by atoms with E-state index in [0.29, 0.717) is 0 Å². The molecule has 2 aromatic rings. The first-order valence-electron chi connectivity index (χ1n) is 7.03. The molecule has 0 unspecified atom stereocenters. The van der Waals surface area contributed by atoms with Crippen LogP contribution in [0.2, 0.25) is 0 Å². The zero-order valence-electron chi connectivity index (χ0n) is 12.9. The lowest BCUT2D eigenvalue weighted by atomic mass is 9.87. The first kappa shape index (κ1) is 16.1. The van der Waals surface area contributed by atoms with Crippen LogP contribution >= 0.6 is 15.9 Å². The quantitative estimate of drug-likeness (QED) is 0.782. The van der Waals surface area contributed by atoms with Gasteiger partial charge >= 0.3 is 0 Å². The molecule has 3 heteroatoms. The minimum Gasteiger partial charge on any atom is -0.456 e. The Labute approximate surface area is 134 Å². The summed E-state index contributed by atoms with van der Waals surface area (Å²) in [5, 5.41) is 9.59. The first-order chi connectivity index (χ1) is 9.77. The SMILES string of the molecule is C[C@H](O)c1ccc(Oc2cccc(C(C)(C)C)c2)c(Br)c1. The van der Waals surface area contributed by atoms with E-state index < -0.39 is 6.10 Å². The van der Waals surface area contributed by atoms with Gasteiger partial charge in [-0.2, -0.15) is 0 Å². The van der Waals surface area contributed by atoms with Gasteiger partial charge in [0.25, 0.3) is 0 Å². The topological polar surface area (TPSA) is 29.5 Å². The lowest BCUT2D eigenvalue weighted by molar-refractivity contribution is 0.199. The van der Waals surface area contributed by atoms with E-state index in [-0.39, 0.29) is 5.41 Å². The molecule has 1 atom stereocenters. The van der Waals surface area contributed by atoms with Gasteiger partial charge in [0, 0.05) is 0 Å². The number of hydrogen-bond donors (Lipinski definition) is 1. The molecule has 112 valence electrons. The molecule has 2 rings (SSSR count). The number of aliphatic hydroxyl groups is 1. The minimum absolute atomic E-state index is 0.0901. The van der Waals surface area contributed by atoms with Crippen molar-refractivity contribution in [1.29, 1.82) is 0 Å². The van der Waals surface area contributed by atoms with Crippen molar-refractivity contribution in [1.82, 2.24) is 0 Å². The highest BCUT2D eigenvalue weighted by Gasteiger charge is 2.14. The Morgan fingerprint density at radius 2 is 1.81 bits per heavy atom. The van der Waals surface area contributed by atoms with Crippen LogP contribution in [-0.4, -0.2) is 5.11 Å². The average molecular weight is 349 g/mol. The van der Waals surface area contributed by atoms with Gasteiger partial charge < -0.3 is 9.84 Å².